The van der Waals surface area contributed by atoms with Gasteiger partial charge in [-0.1, -0.05) is 13.0 Å². The number of benzene rings is 1. The molecule has 126 valence electrons. The number of ether oxygens (including phenoxy) is 1. The highest BCUT2D eigenvalue weighted by Gasteiger charge is 2.23. The van der Waals surface area contributed by atoms with Gasteiger partial charge in [0.1, 0.15) is 5.52 Å². The van der Waals surface area contributed by atoms with Crippen molar-refractivity contribution in [3.63, 3.8) is 0 Å². The first-order valence-corrected chi connectivity index (χ1v) is 7.80. The average molecular weight is 336 g/mol. The van der Waals surface area contributed by atoms with E-state index in [9.17, 15) is 9.59 Å². The number of hydrogen-bond donors (Lipinski definition) is 1. The van der Waals surface area contributed by atoms with Crippen LogP contribution in [0.4, 0.5) is 5.69 Å². The molecule has 0 aliphatic rings. The summed E-state index contributed by atoms with van der Waals surface area (Å²) in [6.07, 6.45) is 5.63. The average Bonchev–Trinajstić information content (AvgIpc) is 2.66. The Hall–Kier alpha value is -3.35. The lowest BCUT2D eigenvalue weighted by Gasteiger charge is -2.16. The third-order valence-corrected chi connectivity index (χ3v) is 3.58. The molecule has 0 radical (unpaired) electrons. The van der Waals surface area contributed by atoms with Crippen LogP contribution in [0.2, 0.25) is 0 Å². The van der Waals surface area contributed by atoms with E-state index in [1.54, 1.807) is 55.8 Å². The first-order valence-electron chi connectivity index (χ1n) is 7.80. The van der Waals surface area contributed by atoms with E-state index >= 15 is 0 Å². The normalized spacial score (nSPS) is 11.7. The third-order valence-electron chi connectivity index (χ3n) is 3.58. The van der Waals surface area contributed by atoms with Gasteiger partial charge in [-0.2, -0.15) is 0 Å². The molecule has 0 spiro atoms. The standard InChI is InChI=1S/C18H16N4O3/c1-2-15(17(23)22-12-6-8-19-9-7-12)25-18(24)13-4-3-5-14-16(13)21-11-10-20-14/h3-11,15H,2H2,1H3,(H,19,22,23). The Labute approximate surface area is 144 Å². The van der Waals surface area contributed by atoms with Crippen molar-refractivity contribution in [2.24, 2.45) is 0 Å². The molecule has 1 amide bonds. The van der Waals surface area contributed by atoms with Gasteiger partial charge < -0.3 is 10.1 Å². The molecule has 1 N–H and O–H groups in total. The molecule has 3 rings (SSSR count). The van der Waals surface area contributed by atoms with Crippen molar-refractivity contribution >= 4 is 28.6 Å². The van der Waals surface area contributed by atoms with Crippen molar-refractivity contribution in [1.29, 1.82) is 0 Å². The highest BCUT2D eigenvalue weighted by Crippen LogP contribution is 2.17. The van der Waals surface area contributed by atoms with Crippen molar-refractivity contribution in [2.75, 3.05) is 5.32 Å². The number of esters is 1. The summed E-state index contributed by atoms with van der Waals surface area (Å²) in [6, 6.07) is 8.38. The highest BCUT2D eigenvalue weighted by atomic mass is 16.5. The predicted molar refractivity (Wildman–Crippen MR) is 91.9 cm³/mol. The lowest BCUT2D eigenvalue weighted by atomic mass is 10.1. The number of hydrogen-bond acceptors (Lipinski definition) is 6. The summed E-state index contributed by atoms with van der Waals surface area (Å²) in [5.74, 6) is -1.00. The second kappa shape index (κ2) is 7.48. The molecule has 0 fully saturated rings. The number of carbonyl (C=O) groups is 2. The van der Waals surface area contributed by atoms with Crippen LogP contribution in [0, 0.1) is 0 Å². The number of nitrogens with one attached hydrogen (secondary N) is 1. The van der Waals surface area contributed by atoms with E-state index in [0.717, 1.165) is 0 Å². The van der Waals surface area contributed by atoms with Gasteiger partial charge in [-0.05, 0) is 30.7 Å². The largest absolute Gasteiger partial charge is 0.449 e. The molecule has 0 aliphatic heterocycles. The van der Waals surface area contributed by atoms with Crippen LogP contribution in [0.15, 0.2) is 55.1 Å². The quantitative estimate of drug-likeness (QED) is 0.720. The molecule has 1 aromatic carbocycles. The van der Waals surface area contributed by atoms with Crippen LogP contribution in [0.1, 0.15) is 23.7 Å². The molecular formula is C18H16N4O3. The SMILES string of the molecule is CCC(OC(=O)c1cccc2nccnc12)C(=O)Nc1ccncc1. The van der Waals surface area contributed by atoms with E-state index in [0.29, 0.717) is 23.1 Å². The maximum atomic E-state index is 12.5. The first kappa shape index (κ1) is 16.5. The van der Waals surface area contributed by atoms with Crippen LogP contribution in [0.25, 0.3) is 11.0 Å². The molecule has 1 atom stereocenters. The Balaban J connectivity index is 1.76. The zero-order valence-corrected chi connectivity index (χ0v) is 13.5. The minimum atomic E-state index is -0.910. The van der Waals surface area contributed by atoms with Crippen molar-refractivity contribution in [2.45, 2.75) is 19.4 Å². The van der Waals surface area contributed by atoms with E-state index in [2.05, 4.69) is 20.3 Å². The van der Waals surface area contributed by atoms with Crippen molar-refractivity contribution < 1.29 is 14.3 Å². The number of rotatable bonds is 5. The molecule has 2 aromatic heterocycles. The van der Waals surface area contributed by atoms with Gasteiger partial charge in [-0.15, -0.1) is 0 Å². The lowest BCUT2D eigenvalue weighted by Crippen LogP contribution is -2.32. The molecule has 0 saturated carbocycles. The van der Waals surface area contributed by atoms with E-state index in [1.807, 2.05) is 0 Å². The van der Waals surface area contributed by atoms with Gasteiger partial charge >= 0.3 is 5.97 Å². The molecule has 7 heteroatoms. The van der Waals surface area contributed by atoms with Gasteiger partial charge in [-0.25, -0.2) is 4.79 Å². The molecule has 0 bridgehead atoms. The number of nitrogens with zero attached hydrogens (tertiary/aromatic N) is 3. The van der Waals surface area contributed by atoms with Gasteiger partial charge in [0, 0.05) is 30.5 Å². The summed E-state index contributed by atoms with van der Waals surface area (Å²) in [6.45, 7) is 1.77. The molecule has 0 saturated heterocycles. The summed E-state index contributed by atoms with van der Waals surface area (Å²) in [5, 5.41) is 2.70. The monoisotopic (exact) mass is 336 g/mol. The number of fused-ring (bicyclic) bond motifs is 1. The van der Waals surface area contributed by atoms with Crippen molar-refractivity contribution in [3.8, 4) is 0 Å². The molecule has 1 unspecified atom stereocenters. The molecule has 7 nitrogen and oxygen atoms in total. The van der Waals surface area contributed by atoms with E-state index in [4.69, 9.17) is 4.74 Å². The first-order chi connectivity index (χ1) is 12.2. The van der Waals surface area contributed by atoms with Gasteiger partial charge in [0.2, 0.25) is 0 Å². The van der Waals surface area contributed by atoms with Crippen LogP contribution in [-0.2, 0) is 9.53 Å². The molecular weight excluding hydrogens is 320 g/mol. The number of aromatic nitrogens is 3. The topological polar surface area (TPSA) is 94.1 Å². The highest BCUT2D eigenvalue weighted by molar-refractivity contribution is 6.03. The summed E-state index contributed by atoms with van der Waals surface area (Å²) < 4.78 is 5.39. The van der Waals surface area contributed by atoms with E-state index in [1.165, 1.54) is 6.20 Å². The van der Waals surface area contributed by atoms with Crippen molar-refractivity contribution in [1.82, 2.24) is 15.0 Å². The number of carbonyl (C=O) groups excluding carboxylic acids is 2. The maximum absolute atomic E-state index is 12.5. The smallest absolute Gasteiger partial charge is 0.341 e. The number of pyridine rings is 1. The van der Waals surface area contributed by atoms with Gasteiger partial charge in [0.25, 0.3) is 5.91 Å². The maximum Gasteiger partial charge on any atom is 0.341 e. The van der Waals surface area contributed by atoms with Crippen LogP contribution < -0.4 is 5.32 Å². The van der Waals surface area contributed by atoms with Gasteiger partial charge in [-0.3, -0.25) is 19.7 Å². The van der Waals surface area contributed by atoms with Gasteiger partial charge in [0.05, 0.1) is 11.1 Å². The van der Waals surface area contributed by atoms with E-state index in [-0.39, 0.29) is 5.56 Å². The summed E-state index contributed by atoms with van der Waals surface area (Å²) in [5.41, 5.74) is 1.90. The lowest BCUT2D eigenvalue weighted by molar-refractivity contribution is -0.124. The Bertz CT molecular complexity index is 894. The van der Waals surface area contributed by atoms with Crippen LogP contribution in [-0.4, -0.2) is 32.9 Å². The zero-order valence-electron chi connectivity index (χ0n) is 13.5. The fraction of sp³-hybridized carbons (Fsp3) is 0.167. The number of anilines is 1. The number of para-hydroxylation sites is 1. The number of amides is 1. The Morgan fingerprint density at radius 3 is 2.60 bits per heavy atom. The van der Waals surface area contributed by atoms with E-state index < -0.39 is 18.0 Å². The van der Waals surface area contributed by atoms with Gasteiger partial charge in [0.15, 0.2) is 6.10 Å². The minimum absolute atomic E-state index is 0.278. The van der Waals surface area contributed by atoms with Crippen molar-refractivity contribution in [3.05, 3.63) is 60.7 Å². The Kier molecular flexibility index (Phi) is 4.94. The van der Waals surface area contributed by atoms with Crippen LogP contribution in [0.5, 0.6) is 0 Å². The zero-order chi connectivity index (χ0) is 17.6. The minimum Gasteiger partial charge on any atom is -0.449 e. The second-order valence-corrected chi connectivity index (χ2v) is 5.26. The Morgan fingerprint density at radius 1 is 1.08 bits per heavy atom. The molecule has 2 heterocycles. The molecule has 25 heavy (non-hydrogen) atoms. The summed E-state index contributed by atoms with van der Waals surface area (Å²) >= 11 is 0. The predicted octanol–water partition coefficient (Wildman–Crippen LogP) is 2.60. The Morgan fingerprint density at radius 2 is 1.84 bits per heavy atom. The molecule has 0 aliphatic carbocycles. The summed E-state index contributed by atoms with van der Waals surface area (Å²) in [7, 11) is 0. The van der Waals surface area contributed by atoms with Crippen LogP contribution >= 0.6 is 0 Å². The third kappa shape index (κ3) is 3.77. The fourth-order valence-electron chi connectivity index (χ4n) is 2.33. The second-order valence-electron chi connectivity index (χ2n) is 5.26. The fourth-order valence-corrected chi connectivity index (χ4v) is 2.33. The molecule has 3 aromatic rings. The summed E-state index contributed by atoms with van der Waals surface area (Å²) in [4.78, 5) is 37.1. The van der Waals surface area contributed by atoms with Crippen LogP contribution in [0.3, 0.4) is 0 Å².